The fourth-order valence-corrected chi connectivity index (χ4v) is 3.05. The van der Waals surface area contributed by atoms with Crippen LogP contribution in [0.3, 0.4) is 0 Å². The second-order valence-corrected chi connectivity index (χ2v) is 6.18. The van der Waals surface area contributed by atoms with Gasteiger partial charge in [-0.2, -0.15) is 4.37 Å². The number of methoxy groups -OCH3 is 1. The van der Waals surface area contributed by atoms with E-state index in [4.69, 9.17) is 4.74 Å². The maximum absolute atomic E-state index is 12.5. The number of anilines is 1. The van der Waals surface area contributed by atoms with E-state index in [1.807, 2.05) is 0 Å². The molecule has 10 heteroatoms. The van der Waals surface area contributed by atoms with Crippen LogP contribution in [-0.4, -0.2) is 33.5 Å². The highest BCUT2D eigenvalue weighted by molar-refractivity contribution is 7.13. The lowest BCUT2D eigenvalue weighted by Crippen LogP contribution is -2.23. The predicted octanol–water partition coefficient (Wildman–Crippen LogP) is 2.26. The normalized spacial score (nSPS) is 10.8. The van der Waals surface area contributed by atoms with Crippen LogP contribution in [0.5, 0.6) is 0 Å². The minimum Gasteiger partial charge on any atom is -0.383 e. The number of rotatable bonds is 6. The molecule has 2 aromatic heterocycles. The molecule has 0 bridgehead atoms. The molecule has 0 atom stereocenters. The minimum atomic E-state index is -0.625. The number of benzene rings is 1. The highest BCUT2D eigenvalue weighted by Crippen LogP contribution is 2.30. The molecule has 0 aliphatic carbocycles. The number of carbonyl (C=O) groups excluding carboxylic acids is 1. The molecule has 1 amide bonds. The molecule has 26 heavy (non-hydrogen) atoms. The zero-order chi connectivity index (χ0) is 18.7. The molecule has 1 N–H and O–H groups in total. The Labute approximate surface area is 151 Å². The topological polar surface area (TPSA) is 116 Å². The van der Waals surface area contributed by atoms with Crippen molar-refractivity contribution in [2.24, 2.45) is 0 Å². The summed E-state index contributed by atoms with van der Waals surface area (Å²) in [5, 5.41) is 14.0. The van der Waals surface area contributed by atoms with Gasteiger partial charge in [0.25, 0.3) is 11.6 Å². The molecule has 134 valence electrons. The fraction of sp³-hybridized carbons (Fsp3) is 0.188. The van der Waals surface area contributed by atoms with E-state index in [0.717, 1.165) is 11.5 Å². The predicted molar refractivity (Wildman–Crippen MR) is 96.8 cm³/mol. The molecule has 0 saturated heterocycles. The number of amides is 1. The number of hydrogen-bond donors (Lipinski definition) is 1. The Bertz CT molecular complexity index is 1040. The van der Waals surface area contributed by atoms with E-state index in [1.165, 1.54) is 24.4 Å². The van der Waals surface area contributed by atoms with E-state index >= 15 is 0 Å². The van der Waals surface area contributed by atoms with Gasteiger partial charge in [0.2, 0.25) is 0 Å². The molecule has 1 aromatic carbocycles. The summed E-state index contributed by atoms with van der Waals surface area (Å²) < 4.78 is 11.5. The smallest absolute Gasteiger partial charge is 0.270 e. The highest BCUT2D eigenvalue weighted by atomic mass is 32.1. The summed E-state index contributed by atoms with van der Waals surface area (Å²) in [5.41, 5.74) is -0.577. The third-order valence-corrected chi connectivity index (χ3v) is 4.50. The number of nitrogens with zero attached hydrogens (tertiary/aromatic N) is 3. The molecule has 0 aliphatic heterocycles. The van der Waals surface area contributed by atoms with E-state index in [-0.39, 0.29) is 17.1 Å². The first-order valence-electron chi connectivity index (χ1n) is 7.54. The summed E-state index contributed by atoms with van der Waals surface area (Å²) >= 11 is 1.10. The summed E-state index contributed by atoms with van der Waals surface area (Å²) in [6.45, 7) is 0.924. The zero-order valence-electron chi connectivity index (χ0n) is 13.7. The molecule has 0 aliphatic rings. The molecule has 0 saturated carbocycles. The average molecular weight is 374 g/mol. The van der Waals surface area contributed by atoms with Crippen molar-refractivity contribution in [1.29, 1.82) is 0 Å². The second kappa shape index (κ2) is 7.42. The molecule has 3 aromatic rings. The van der Waals surface area contributed by atoms with Crippen LogP contribution in [0.2, 0.25) is 0 Å². The SMILES string of the molecule is COCCn1ccc(=O)c(C(=O)Nc2nsc3ccc([N+](=O)[O-])cc23)c1. The van der Waals surface area contributed by atoms with Crippen molar-refractivity contribution in [2.45, 2.75) is 6.54 Å². The van der Waals surface area contributed by atoms with Crippen molar-refractivity contribution in [3.8, 4) is 0 Å². The first-order valence-corrected chi connectivity index (χ1v) is 8.31. The van der Waals surface area contributed by atoms with Crippen LogP contribution in [-0.2, 0) is 11.3 Å². The summed E-state index contributed by atoms with van der Waals surface area (Å²) in [5.74, 6) is -0.439. The number of non-ortho nitro benzene ring substituents is 1. The summed E-state index contributed by atoms with van der Waals surface area (Å²) in [4.78, 5) is 34.9. The van der Waals surface area contributed by atoms with Gasteiger partial charge >= 0.3 is 0 Å². The van der Waals surface area contributed by atoms with Crippen LogP contribution >= 0.6 is 11.5 Å². The third-order valence-electron chi connectivity index (χ3n) is 3.67. The zero-order valence-corrected chi connectivity index (χ0v) is 14.5. The van der Waals surface area contributed by atoms with Gasteiger partial charge in [0.15, 0.2) is 11.2 Å². The lowest BCUT2D eigenvalue weighted by atomic mass is 10.2. The second-order valence-electron chi connectivity index (χ2n) is 5.38. The molecule has 2 heterocycles. The number of carbonyl (C=O) groups is 1. The Kier molecular flexibility index (Phi) is 5.05. The van der Waals surface area contributed by atoms with Crippen molar-refractivity contribution in [3.05, 3.63) is 62.6 Å². The monoisotopic (exact) mass is 374 g/mol. The summed E-state index contributed by atoms with van der Waals surface area (Å²) in [6.07, 6.45) is 3.01. The number of ether oxygens (including phenoxy) is 1. The lowest BCUT2D eigenvalue weighted by Gasteiger charge is -2.08. The highest BCUT2D eigenvalue weighted by Gasteiger charge is 2.17. The first kappa shape index (κ1) is 17.7. The largest absolute Gasteiger partial charge is 0.383 e. The Morgan fingerprint density at radius 3 is 2.96 bits per heavy atom. The molecule has 0 radical (unpaired) electrons. The lowest BCUT2D eigenvalue weighted by molar-refractivity contribution is -0.384. The number of aromatic nitrogens is 2. The van der Waals surface area contributed by atoms with Gasteiger partial charge in [0, 0.05) is 49.6 Å². The van der Waals surface area contributed by atoms with Gasteiger partial charge in [-0.1, -0.05) is 0 Å². The summed E-state index contributed by atoms with van der Waals surface area (Å²) in [6, 6.07) is 5.59. The fourth-order valence-electron chi connectivity index (χ4n) is 2.34. The number of hydrogen-bond acceptors (Lipinski definition) is 7. The molecular formula is C16H14N4O5S. The quantitative estimate of drug-likeness (QED) is 0.522. The molecule has 0 spiro atoms. The average Bonchev–Trinajstić information content (AvgIpc) is 3.03. The van der Waals surface area contributed by atoms with Gasteiger partial charge in [0.1, 0.15) is 5.56 Å². The van der Waals surface area contributed by atoms with E-state index in [1.54, 1.807) is 23.9 Å². The van der Waals surface area contributed by atoms with Crippen molar-refractivity contribution in [3.63, 3.8) is 0 Å². The Balaban J connectivity index is 1.90. The van der Waals surface area contributed by atoms with E-state index < -0.39 is 16.3 Å². The van der Waals surface area contributed by atoms with Gasteiger partial charge in [-0.15, -0.1) is 0 Å². The van der Waals surface area contributed by atoms with Crippen LogP contribution in [0.25, 0.3) is 10.1 Å². The van der Waals surface area contributed by atoms with Gasteiger partial charge in [-0.3, -0.25) is 19.7 Å². The van der Waals surface area contributed by atoms with Crippen molar-refractivity contribution >= 4 is 39.0 Å². The van der Waals surface area contributed by atoms with Crippen LogP contribution in [0, 0.1) is 10.1 Å². The van der Waals surface area contributed by atoms with E-state index in [9.17, 15) is 19.7 Å². The molecular weight excluding hydrogens is 360 g/mol. The number of nitro benzene ring substituents is 1. The van der Waals surface area contributed by atoms with Gasteiger partial charge in [0.05, 0.1) is 16.2 Å². The van der Waals surface area contributed by atoms with E-state index in [2.05, 4.69) is 9.69 Å². The molecule has 0 unspecified atom stereocenters. The number of fused-ring (bicyclic) bond motifs is 1. The third kappa shape index (κ3) is 3.60. The number of pyridine rings is 1. The van der Waals surface area contributed by atoms with E-state index in [0.29, 0.717) is 23.2 Å². The van der Waals surface area contributed by atoms with Crippen LogP contribution in [0.15, 0.2) is 41.5 Å². The molecule has 3 rings (SSSR count). The van der Waals surface area contributed by atoms with Crippen molar-refractivity contribution in [2.75, 3.05) is 19.0 Å². The Hall–Kier alpha value is -3.11. The van der Waals surface area contributed by atoms with Crippen LogP contribution in [0.4, 0.5) is 11.5 Å². The Morgan fingerprint density at radius 2 is 2.23 bits per heavy atom. The van der Waals surface area contributed by atoms with Crippen LogP contribution in [0.1, 0.15) is 10.4 Å². The maximum Gasteiger partial charge on any atom is 0.270 e. The van der Waals surface area contributed by atoms with Crippen molar-refractivity contribution in [1.82, 2.24) is 8.94 Å². The minimum absolute atomic E-state index is 0.0461. The maximum atomic E-state index is 12.5. The standard InChI is InChI=1S/C16H14N4O5S/c1-25-7-6-19-5-4-13(21)12(9-19)16(22)17-15-11-8-10(20(23)24)2-3-14(11)26-18-15/h2-5,8-9H,6-7H2,1H3,(H,17,18,22). The van der Waals surface area contributed by atoms with Crippen molar-refractivity contribution < 1.29 is 14.5 Å². The molecule has 0 fully saturated rings. The number of nitrogens with one attached hydrogen (secondary N) is 1. The summed E-state index contributed by atoms with van der Waals surface area (Å²) in [7, 11) is 1.56. The van der Waals surface area contributed by atoms with Gasteiger partial charge in [-0.25, -0.2) is 0 Å². The first-order chi connectivity index (χ1) is 12.5. The van der Waals surface area contributed by atoms with Gasteiger partial charge in [-0.05, 0) is 17.6 Å². The van der Waals surface area contributed by atoms with Gasteiger partial charge < -0.3 is 14.6 Å². The Morgan fingerprint density at radius 1 is 1.42 bits per heavy atom. The number of nitro groups is 1. The molecule has 9 nitrogen and oxygen atoms in total. The van der Waals surface area contributed by atoms with Crippen LogP contribution < -0.4 is 10.7 Å².